The first kappa shape index (κ1) is 34.8. The topological polar surface area (TPSA) is 134 Å². The lowest BCUT2D eigenvalue weighted by Crippen LogP contribution is -2.46. The maximum atomic E-state index is 12.7. The summed E-state index contributed by atoms with van der Waals surface area (Å²) in [6.45, 7) is 3.79. The van der Waals surface area contributed by atoms with Crippen LogP contribution in [0.1, 0.15) is 64.4 Å². The quantitative estimate of drug-likeness (QED) is 0.119. The number of hydrogen-bond acceptors (Lipinski definition) is 7. The fourth-order valence-electron chi connectivity index (χ4n) is 5.51. The highest BCUT2D eigenvalue weighted by Gasteiger charge is 2.38. The van der Waals surface area contributed by atoms with E-state index in [1.807, 2.05) is 78.9 Å². The number of amides is 2. The minimum absolute atomic E-state index is 0.00489. The van der Waals surface area contributed by atoms with E-state index in [0.717, 1.165) is 32.7 Å². The Kier molecular flexibility index (Phi) is 12.0. The molecule has 5 atom stereocenters. The molecule has 1 aliphatic rings. The zero-order valence-electron chi connectivity index (χ0n) is 26.9. The Hall–Kier alpha value is -4.48. The largest absolute Gasteiger partial charge is 0.478 e. The smallest absolute Gasteiger partial charge is 0.335 e. The van der Waals surface area contributed by atoms with Crippen molar-refractivity contribution in [3.63, 3.8) is 0 Å². The molecule has 4 aromatic rings. The maximum absolute atomic E-state index is 12.7. The second kappa shape index (κ2) is 16.6. The number of nitrogens with one attached hydrogen (secondary N) is 2. The van der Waals surface area contributed by atoms with E-state index in [1.54, 1.807) is 36.0 Å². The predicted molar refractivity (Wildman–Crippen MR) is 184 cm³/mol. The van der Waals surface area contributed by atoms with E-state index < -0.39 is 24.3 Å². The Bertz CT molecular complexity index is 1660. The summed E-state index contributed by atoms with van der Waals surface area (Å²) in [5, 5.41) is 24.4. The SMILES string of the molecule is CC(=O)[C@@H](Cc1ccccc1)NC(=O)NCc1ccc(C2O[C@H](CSc3ccc(C(=O)O)cc3)[C@H](C)[C@H](c3ccc(CO)cc3)O2)cc1. The van der Waals surface area contributed by atoms with Gasteiger partial charge in [-0.2, -0.15) is 0 Å². The lowest BCUT2D eigenvalue weighted by molar-refractivity contribution is -0.268. The number of carboxylic acid groups (broad SMARTS) is 1. The van der Waals surface area contributed by atoms with Gasteiger partial charge in [0.25, 0.3) is 0 Å². The minimum Gasteiger partial charge on any atom is -0.478 e. The Balaban J connectivity index is 1.24. The third-order valence-corrected chi connectivity index (χ3v) is 9.52. The molecule has 10 heteroatoms. The highest BCUT2D eigenvalue weighted by atomic mass is 32.2. The van der Waals surface area contributed by atoms with Gasteiger partial charge >= 0.3 is 12.0 Å². The third kappa shape index (κ3) is 9.32. The number of carbonyl (C=O) groups is 3. The number of aliphatic hydroxyl groups excluding tert-OH is 1. The van der Waals surface area contributed by atoms with E-state index in [0.29, 0.717) is 12.2 Å². The summed E-state index contributed by atoms with van der Waals surface area (Å²) >= 11 is 1.60. The van der Waals surface area contributed by atoms with Crippen LogP contribution < -0.4 is 10.6 Å². The van der Waals surface area contributed by atoms with Gasteiger partial charge in [-0.25, -0.2) is 9.59 Å². The summed E-state index contributed by atoms with van der Waals surface area (Å²) in [7, 11) is 0. The fraction of sp³-hybridized carbons (Fsp3) is 0.289. The first-order valence-corrected chi connectivity index (χ1v) is 16.8. The second-order valence-corrected chi connectivity index (χ2v) is 13.0. The molecule has 1 unspecified atom stereocenters. The van der Waals surface area contributed by atoms with Crippen LogP contribution in [0.15, 0.2) is 108 Å². The van der Waals surface area contributed by atoms with Crippen molar-refractivity contribution in [3.8, 4) is 0 Å². The third-order valence-electron chi connectivity index (χ3n) is 8.42. The van der Waals surface area contributed by atoms with Crippen molar-refractivity contribution in [2.24, 2.45) is 5.92 Å². The van der Waals surface area contributed by atoms with Gasteiger partial charge in [0, 0.05) is 28.7 Å². The molecule has 0 radical (unpaired) electrons. The Morgan fingerprint density at radius 3 is 2.08 bits per heavy atom. The lowest BCUT2D eigenvalue weighted by atomic mass is 9.91. The number of thioether (sulfide) groups is 1. The summed E-state index contributed by atoms with van der Waals surface area (Å²) in [6, 6.07) is 30.7. The number of aliphatic hydroxyl groups is 1. The van der Waals surface area contributed by atoms with Gasteiger partial charge in [-0.3, -0.25) is 4.79 Å². The molecule has 0 aromatic heterocycles. The van der Waals surface area contributed by atoms with Gasteiger partial charge in [0.1, 0.15) is 0 Å². The van der Waals surface area contributed by atoms with Gasteiger partial charge < -0.3 is 30.3 Å². The number of hydrogen-bond donors (Lipinski definition) is 4. The van der Waals surface area contributed by atoms with E-state index in [9.17, 15) is 24.6 Å². The minimum atomic E-state index is -0.962. The van der Waals surface area contributed by atoms with Gasteiger partial charge in [-0.05, 0) is 59.9 Å². The maximum Gasteiger partial charge on any atom is 0.335 e. The number of rotatable bonds is 13. The number of aromatic carboxylic acids is 1. The molecule has 2 amide bonds. The predicted octanol–water partition coefficient (Wildman–Crippen LogP) is 6.46. The first-order valence-electron chi connectivity index (χ1n) is 15.8. The average molecular weight is 669 g/mol. The van der Waals surface area contributed by atoms with E-state index in [-0.39, 0.29) is 42.6 Å². The highest BCUT2D eigenvalue weighted by Crippen LogP contribution is 2.43. The summed E-state index contributed by atoms with van der Waals surface area (Å²) in [4.78, 5) is 37.1. The van der Waals surface area contributed by atoms with Gasteiger partial charge in [0.15, 0.2) is 12.1 Å². The molecule has 48 heavy (non-hydrogen) atoms. The van der Waals surface area contributed by atoms with Crippen molar-refractivity contribution < 1.29 is 34.1 Å². The average Bonchev–Trinajstić information content (AvgIpc) is 3.11. The van der Waals surface area contributed by atoms with Gasteiger partial charge in [-0.1, -0.05) is 85.8 Å². The van der Waals surface area contributed by atoms with Gasteiger partial charge in [-0.15, -0.1) is 11.8 Å². The highest BCUT2D eigenvalue weighted by molar-refractivity contribution is 7.99. The second-order valence-electron chi connectivity index (χ2n) is 11.9. The Morgan fingerprint density at radius 2 is 1.46 bits per heavy atom. The van der Waals surface area contributed by atoms with Crippen molar-refractivity contribution in [1.29, 1.82) is 0 Å². The molecule has 250 valence electrons. The van der Waals surface area contributed by atoms with Crippen LogP contribution >= 0.6 is 11.8 Å². The summed E-state index contributed by atoms with van der Waals surface area (Å²) in [5.74, 6) is -0.455. The molecular weight excluding hydrogens is 628 g/mol. The normalized spacial score (nSPS) is 19.6. The number of carboxylic acids is 1. The van der Waals surface area contributed by atoms with Crippen molar-refractivity contribution in [2.45, 2.75) is 62.9 Å². The molecular formula is C38H40N2O7S. The van der Waals surface area contributed by atoms with Crippen LogP contribution in [0.2, 0.25) is 0 Å². The fourth-order valence-corrected chi connectivity index (χ4v) is 6.58. The van der Waals surface area contributed by atoms with Crippen LogP contribution in [0.5, 0.6) is 0 Å². The van der Waals surface area contributed by atoms with Crippen LogP contribution in [-0.2, 0) is 33.8 Å². The van der Waals surface area contributed by atoms with Gasteiger partial charge in [0.05, 0.1) is 30.4 Å². The number of benzene rings is 4. The number of Topliss-reactive ketones (excluding diaryl/α,β-unsaturated/α-hetero) is 1. The molecule has 9 nitrogen and oxygen atoms in total. The Labute approximate surface area is 284 Å². The van der Waals surface area contributed by atoms with Crippen LogP contribution in [0.4, 0.5) is 4.79 Å². The van der Waals surface area contributed by atoms with Gasteiger partial charge in [0.2, 0.25) is 0 Å². The van der Waals surface area contributed by atoms with Crippen molar-refractivity contribution in [3.05, 3.63) is 137 Å². The summed E-state index contributed by atoms with van der Waals surface area (Å²) in [6.07, 6.45) is -0.693. The number of ether oxygens (including phenoxy) is 2. The number of urea groups is 1. The molecule has 0 aliphatic carbocycles. The molecule has 0 bridgehead atoms. The molecule has 0 saturated carbocycles. The number of carbonyl (C=O) groups excluding carboxylic acids is 2. The summed E-state index contributed by atoms with van der Waals surface area (Å²) < 4.78 is 13.1. The molecule has 1 saturated heterocycles. The van der Waals surface area contributed by atoms with E-state index >= 15 is 0 Å². The molecule has 1 aliphatic heterocycles. The van der Waals surface area contributed by atoms with Crippen LogP contribution in [0.25, 0.3) is 0 Å². The van der Waals surface area contributed by atoms with E-state index in [4.69, 9.17) is 9.47 Å². The van der Waals surface area contributed by atoms with Crippen LogP contribution in [0.3, 0.4) is 0 Å². The first-order chi connectivity index (χ1) is 23.2. The zero-order valence-corrected chi connectivity index (χ0v) is 27.7. The van der Waals surface area contributed by atoms with E-state index in [2.05, 4.69) is 17.6 Å². The van der Waals surface area contributed by atoms with Crippen molar-refractivity contribution >= 4 is 29.5 Å². The lowest BCUT2D eigenvalue weighted by Gasteiger charge is -2.41. The summed E-state index contributed by atoms with van der Waals surface area (Å²) in [5.41, 5.74) is 4.70. The van der Waals surface area contributed by atoms with Crippen LogP contribution in [0, 0.1) is 5.92 Å². The number of ketones is 1. The zero-order chi connectivity index (χ0) is 34.0. The van der Waals surface area contributed by atoms with Crippen molar-refractivity contribution in [2.75, 3.05) is 5.75 Å². The molecule has 0 spiro atoms. The standard InChI is InChI=1S/C38H40N2O7S/c1-24-34(23-48-32-18-16-30(17-19-32)36(43)44)46-37(47-35(24)29-12-10-28(22-41)11-13-29)31-14-8-27(9-15-31)21-39-38(45)40-33(25(2)42)20-26-6-4-3-5-7-26/h3-19,24,33-35,37,41H,20-23H2,1-2H3,(H,43,44)(H2,39,40,45)/t24-,33+,34+,35+,37?/m0/s1. The monoisotopic (exact) mass is 668 g/mol. The van der Waals surface area contributed by atoms with Crippen LogP contribution in [-0.4, -0.2) is 45.9 Å². The molecule has 1 fully saturated rings. The molecule has 1 heterocycles. The van der Waals surface area contributed by atoms with Crippen molar-refractivity contribution in [1.82, 2.24) is 10.6 Å². The molecule has 4 aromatic carbocycles. The molecule has 5 rings (SSSR count). The Morgan fingerprint density at radius 1 is 0.812 bits per heavy atom. The molecule has 4 N–H and O–H groups in total. The van der Waals surface area contributed by atoms with E-state index in [1.165, 1.54) is 6.92 Å².